The van der Waals surface area contributed by atoms with Gasteiger partial charge < -0.3 is 19.3 Å². The molecule has 1 aliphatic carbocycles. The van der Waals surface area contributed by atoms with Crippen molar-refractivity contribution in [2.45, 2.75) is 12.5 Å². The van der Waals surface area contributed by atoms with E-state index in [2.05, 4.69) is 19.2 Å². The predicted octanol–water partition coefficient (Wildman–Crippen LogP) is -0.815. The molecule has 1 aliphatic rings. The number of thiazole rings is 1. The molecule has 0 fully saturated rings. The van der Waals surface area contributed by atoms with Crippen molar-refractivity contribution < 1.29 is 38.1 Å². The number of fused-ring (bicyclic) bond motifs is 1. The molecule has 1 aromatic heterocycles. The first-order valence-electron chi connectivity index (χ1n) is 6.87. The average Bonchev–Trinajstić information content (AvgIpc) is 3.01. The summed E-state index contributed by atoms with van der Waals surface area (Å²) in [4.78, 5) is 41.0. The van der Waals surface area contributed by atoms with Gasteiger partial charge in [-0.05, 0) is 6.92 Å². The Morgan fingerprint density at radius 2 is 1.72 bits per heavy atom. The highest BCUT2D eigenvalue weighted by molar-refractivity contribution is 7.12. The van der Waals surface area contributed by atoms with Gasteiger partial charge >= 0.3 is 23.7 Å². The lowest BCUT2D eigenvalue weighted by Gasteiger charge is -2.39. The second-order valence-corrected chi connectivity index (χ2v) is 6.05. The first-order chi connectivity index (χ1) is 11.8. The molecule has 0 N–H and O–H groups in total. The van der Waals surface area contributed by atoms with Gasteiger partial charge in [0.05, 0.1) is 37.5 Å². The molecule has 0 spiro atoms. The van der Waals surface area contributed by atoms with Crippen LogP contribution in [0.1, 0.15) is 20.0 Å². The zero-order chi connectivity index (χ0) is 18.9. The van der Waals surface area contributed by atoms with Gasteiger partial charge in [0, 0.05) is 4.88 Å². The minimum absolute atomic E-state index is 0.0153. The average molecular weight is 369 g/mol. The molecule has 1 aromatic rings. The molecule has 134 valence electrons. The highest BCUT2D eigenvalue weighted by Crippen LogP contribution is 2.42. The van der Waals surface area contributed by atoms with Crippen LogP contribution in [0.5, 0.6) is 0 Å². The van der Waals surface area contributed by atoms with Crippen LogP contribution in [-0.2, 0) is 34.2 Å². The third-order valence-electron chi connectivity index (χ3n) is 3.55. The lowest BCUT2D eigenvalue weighted by molar-refractivity contribution is -0.455. The molecule has 1 atom stereocenters. The van der Waals surface area contributed by atoms with Crippen molar-refractivity contribution in [2.75, 3.05) is 28.4 Å². The Bertz CT molecular complexity index is 821. The number of aromatic nitrogens is 1. The number of aryl methyl sites for hydroxylation is 1. The number of hydrogen-bond acceptors (Lipinski definition) is 9. The fourth-order valence-electron chi connectivity index (χ4n) is 2.52. The number of rotatable bonds is 3. The van der Waals surface area contributed by atoms with Crippen LogP contribution in [0.3, 0.4) is 0 Å². The Kier molecular flexibility index (Phi) is 5.04. The van der Waals surface area contributed by atoms with Crippen LogP contribution < -0.4 is 5.11 Å². The molecule has 0 radical (unpaired) electrons. The van der Waals surface area contributed by atoms with E-state index >= 15 is 0 Å². The molecular formula is C15H15NO8S. The van der Waals surface area contributed by atoms with Crippen molar-refractivity contribution in [1.82, 2.24) is 4.98 Å². The lowest BCUT2D eigenvalue weighted by atomic mass is 9.80. The van der Waals surface area contributed by atoms with Crippen LogP contribution >= 0.6 is 11.3 Å². The first kappa shape index (κ1) is 18.7. The molecular weight excluding hydrogens is 354 g/mol. The second kappa shape index (κ2) is 6.73. The minimum Gasteiger partial charge on any atom is -0.833 e. The van der Waals surface area contributed by atoms with Crippen LogP contribution in [0, 0.1) is 6.92 Å². The van der Waals surface area contributed by atoms with Gasteiger partial charge in [-0.3, -0.25) is 9.22 Å². The quantitative estimate of drug-likeness (QED) is 0.293. The molecule has 0 saturated heterocycles. The number of carbonyl (C=O) groups excluding carboxylic acids is 4. The van der Waals surface area contributed by atoms with Crippen LogP contribution in [0.25, 0.3) is 0 Å². The van der Waals surface area contributed by atoms with Crippen molar-refractivity contribution >= 4 is 35.0 Å². The molecule has 1 heterocycles. The van der Waals surface area contributed by atoms with Crippen molar-refractivity contribution in [3.8, 4) is 0 Å². The summed E-state index contributed by atoms with van der Waals surface area (Å²) in [6.45, 7) is 1.60. The smallest absolute Gasteiger partial charge is 0.384 e. The fourth-order valence-corrected chi connectivity index (χ4v) is 3.52. The van der Waals surface area contributed by atoms with E-state index in [-0.39, 0.29) is 16.4 Å². The molecule has 10 heteroatoms. The summed E-state index contributed by atoms with van der Waals surface area (Å²) < 4.78 is 19.1. The Labute approximate surface area is 146 Å². The second-order valence-electron chi connectivity index (χ2n) is 4.85. The molecule has 1 unspecified atom stereocenters. The van der Waals surface area contributed by atoms with E-state index < -0.39 is 34.7 Å². The van der Waals surface area contributed by atoms with Crippen molar-refractivity contribution in [1.29, 1.82) is 0 Å². The number of nitrogens with zero attached hydrogens (tertiary/aromatic N) is 1. The van der Waals surface area contributed by atoms with Gasteiger partial charge in [0.1, 0.15) is 0 Å². The van der Waals surface area contributed by atoms with Crippen LogP contribution in [0.4, 0.5) is 0 Å². The van der Waals surface area contributed by atoms with Crippen molar-refractivity contribution in [3.63, 3.8) is 0 Å². The normalized spacial score (nSPS) is 21.0. The maximum atomic E-state index is 13.6. The Balaban J connectivity index is 3.02. The summed E-state index contributed by atoms with van der Waals surface area (Å²) in [7, 11) is 4.31. The van der Waals surface area contributed by atoms with Crippen molar-refractivity contribution in [3.05, 3.63) is 26.7 Å². The molecule has 0 saturated carbocycles. The summed E-state index contributed by atoms with van der Waals surface area (Å²) in [6.07, 6.45) is 0. The molecule has 0 bridgehead atoms. The molecule has 25 heavy (non-hydrogen) atoms. The number of carbonyl (C=O) groups is 3. The first-order valence-corrected chi connectivity index (χ1v) is 7.69. The zero-order valence-electron chi connectivity index (χ0n) is 14.1. The molecule has 9 nitrogen and oxygen atoms in total. The topological polar surface area (TPSA) is 126 Å². The minimum atomic E-state index is -2.84. The summed E-state index contributed by atoms with van der Waals surface area (Å²) in [6, 6.07) is 0. The van der Waals surface area contributed by atoms with E-state index in [1.165, 1.54) is 7.11 Å². The van der Waals surface area contributed by atoms with E-state index in [0.717, 1.165) is 32.7 Å². The maximum Gasteiger partial charge on any atom is 0.384 e. The molecule has 0 amide bonds. The van der Waals surface area contributed by atoms with Crippen molar-refractivity contribution in [2.24, 2.45) is 0 Å². The standard InChI is InChI=1S/C15H15NO8S/c1-6-16-9-10(21-2)7(12(17)22-3)8(13(18)23-4)15(20,11(9)25-6)14(19)24-5/h1-5H3. The van der Waals surface area contributed by atoms with E-state index in [4.69, 9.17) is 4.42 Å². The van der Waals surface area contributed by atoms with Gasteiger partial charge in [-0.1, -0.05) is 0 Å². The van der Waals surface area contributed by atoms with E-state index in [9.17, 15) is 19.5 Å². The van der Waals surface area contributed by atoms with Gasteiger partial charge in [-0.25, -0.2) is 14.6 Å². The monoisotopic (exact) mass is 369 g/mol. The summed E-state index contributed by atoms with van der Waals surface area (Å²) >= 11 is 0.894. The lowest BCUT2D eigenvalue weighted by Crippen LogP contribution is -2.56. The van der Waals surface area contributed by atoms with Gasteiger partial charge in [0.2, 0.25) is 0 Å². The fraction of sp³-hybridized carbons (Fsp3) is 0.400. The third-order valence-corrected chi connectivity index (χ3v) is 4.63. The van der Waals surface area contributed by atoms with E-state index in [1.807, 2.05) is 0 Å². The largest absolute Gasteiger partial charge is 0.833 e. The number of ether oxygens (including phenoxy) is 3. The summed E-state index contributed by atoms with van der Waals surface area (Å²) in [5.41, 5.74) is -4.13. The predicted molar refractivity (Wildman–Crippen MR) is 81.9 cm³/mol. The van der Waals surface area contributed by atoms with E-state index in [1.54, 1.807) is 6.92 Å². The third kappa shape index (κ3) is 2.63. The highest BCUT2D eigenvalue weighted by atomic mass is 32.1. The highest BCUT2D eigenvalue weighted by Gasteiger charge is 2.54. The van der Waals surface area contributed by atoms with Gasteiger partial charge in [0.25, 0.3) is 7.11 Å². The summed E-state index contributed by atoms with van der Waals surface area (Å²) in [5, 5.41) is 14.0. The molecule has 2 rings (SSSR count). The van der Waals surface area contributed by atoms with E-state index in [0.29, 0.717) is 5.01 Å². The number of ketones is 1. The zero-order valence-corrected chi connectivity index (χ0v) is 14.9. The number of methoxy groups -OCH3 is 3. The van der Waals surface area contributed by atoms with Gasteiger partial charge in [0.15, 0.2) is 11.3 Å². The summed E-state index contributed by atoms with van der Waals surface area (Å²) in [5.74, 6) is -3.65. The van der Waals surface area contributed by atoms with Gasteiger partial charge in [-0.2, -0.15) is 0 Å². The van der Waals surface area contributed by atoms with Crippen LogP contribution in [0.2, 0.25) is 0 Å². The Hall–Kier alpha value is -2.59. The number of esters is 3. The SMILES string of the molecule is COC(=O)C1=C(C(=O)OC)C([O-])(C(=O)OC)c2sc(C)nc2C1=[O+]C. The van der Waals surface area contributed by atoms with Crippen LogP contribution in [0.15, 0.2) is 11.1 Å². The number of hydrogen-bond donors (Lipinski definition) is 0. The maximum absolute atomic E-state index is 13.6. The molecule has 0 aromatic carbocycles. The Morgan fingerprint density at radius 3 is 2.20 bits per heavy atom. The van der Waals surface area contributed by atoms with Gasteiger partial charge in [-0.15, -0.1) is 11.3 Å². The van der Waals surface area contributed by atoms with Crippen LogP contribution in [-0.4, -0.2) is 57.1 Å². The Morgan fingerprint density at radius 1 is 1.12 bits per heavy atom. The molecule has 0 aliphatic heterocycles.